The van der Waals surface area contributed by atoms with Crippen LogP contribution in [0, 0.1) is 0 Å². The van der Waals surface area contributed by atoms with E-state index < -0.39 is 18.0 Å². The van der Waals surface area contributed by atoms with E-state index >= 15 is 0 Å². The van der Waals surface area contributed by atoms with Gasteiger partial charge in [0.2, 0.25) is 0 Å². The largest absolute Gasteiger partial charge is 0.480 e. The van der Waals surface area contributed by atoms with Crippen LogP contribution in [0.2, 0.25) is 0 Å². The molecule has 0 saturated heterocycles. The molecule has 0 rings (SSSR count). The Balaban J connectivity index is 3.80. The third-order valence-electron chi connectivity index (χ3n) is 1.55. The third kappa shape index (κ3) is 5.05. The van der Waals surface area contributed by atoms with E-state index in [2.05, 4.69) is 10.6 Å². The van der Waals surface area contributed by atoms with Crippen LogP contribution in [0.1, 0.15) is 26.7 Å². The van der Waals surface area contributed by atoms with E-state index in [-0.39, 0.29) is 0 Å². The molecule has 0 aliphatic rings. The first-order valence-corrected chi connectivity index (χ1v) is 4.39. The number of carbonyl (C=O) groups excluding carboxylic acids is 1. The molecule has 1 atom stereocenters. The Morgan fingerprint density at radius 1 is 1.38 bits per heavy atom. The molecular weight excluding hydrogens is 172 g/mol. The minimum atomic E-state index is -1.01. The number of nitrogens with one attached hydrogen (secondary N) is 2. The Hall–Kier alpha value is -1.26. The molecule has 76 valence electrons. The summed E-state index contributed by atoms with van der Waals surface area (Å²) < 4.78 is 0. The minimum Gasteiger partial charge on any atom is -0.480 e. The second-order valence-corrected chi connectivity index (χ2v) is 2.70. The van der Waals surface area contributed by atoms with Gasteiger partial charge < -0.3 is 15.7 Å². The molecule has 0 aromatic rings. The third-order valence-corrected chi connectivity index (χ3v) is 1.55. The fraction of sp³-hybridized carbons (Fsp3) is 0.750. The lowest BCUT2D eigenvalue weighted by molar-refractivity contribution is -0.139. The summed E-state index contributed by atoms with van der Waals surface area (Å²) >= 11 is 0. The van der Waals surface area contributed by atoms with E-state index in [1.165, 1.54) is 0 Å². The van der Waals surface area contributed by atoms with Crippen LogP contribution in [0.5, 0.6) is 0 Å². The molecule has 2 amide bonds. The lowest BCUT2D eigenvalue weighted by atomic mass is 10.2. The molecule has 0 spiro atoms. The van der Waals surface area contributed by atoms with Gasteiger partial charge in [0.1, 0.15) is 6.04 Å². The molecule has 13 heavy (non-hydrogen) atoms. The average Bonchev–Trinajstić information content (AvgIpc) is 2.10. The zero-order chi connectivity index (χ0) is 10.3. The maximum absolute atomic E-state index is 11.0. The van der Waals surface area contributed by atoms with Crippen molar-refractivity contribution in [3.05, 3.63) is 0 Å². The van der Waals surface area contributed by atoms with Crippen molar-refractivity contribution in [3.8, 4) is 0 Å². The van der Waals surface area contributed by atoms with Gasteiger partial charge in [0.15, 0.2) is 0 Å². The van der Waals surface area contributed by atoms with Crippen LogP contribution in [0.3, 0.4) is 0 Å². The van der Waals surface area contributed by atoms with Gasteiger partial charge in [-0.05, 0) is 12.8 Å². The molecule has 0 bridgehead atoms. The standard InChI is InChI=1S/C8H16N2O3/c1-3-5-9-8(13)10-6(4-2)7(11)12/h6H,3-5H2,1-2H3,(H,11,12)(H2,9,10,13). The van der Waals surface area contributed by atoms with Gasteiger partial charge in [-0.2, -0.15) is 0 Å². The molecule has 0 aromatic heterocycles. The summed E-state index contributed by atoms with van der Waals surface area (Å²) in [6.45, 7) is 4.19. The van der Waals surface area contributed by atoms with E-state index in [1.54, 1.807) is 6.92 Å². The van der Waals surface area contributed by atoms with Crippen molar-refractivity contribution >= 4 is 12.0 Å². The van der Waals surface area contributed by atoms with Gasteiger partial charge in [0.05, 0.1) is 0 Å². The molecule has 0 radical (unpaired) electrons. The highest BCUT2D eigenvalue weighted by Crippen LogP contribution is 1.89. The first-order valence-electron chi connectivity index (χ1n) is 4.39. The molecule has 3 N–H and O–H groups in total. The van der Waals surface area contributed by atoms with E-state index in [0.29, 0.717) is 13.0 Å². The number of rotatable bonds is 5. The van der Waals surface area contributed by atoms with Gasteiger partial charge in [-0.15, -0.1) is 0 Å². The van der Waals surface area contributed by atoms with Crippen LogP contribution in [-0.2, 0) is 4.79 Å². The lowest BCUT2D eigenvalue weighted by Crippen LogP contribution is -2.45. The first kappa shape index (κ1) is 11.7. The number of carbonyl (C=O) groups is 2. The molecular formula is C8H16N2O3. The van der Waals surface area contributed by atoms with Crippen LogP contribution in [0.4, 0.5) is 4.79 Å². The normalized spacial score (nSPS) is 11.8. The van der Waals surface area contributed by atoms with Gasteiger partial charge in [-0.3, -0.25) is 0 Å². The Labute approximate surface area is 77.5 Å². The number of hydrogen-bond donors (Lipinski definition) is 3. The van der Waals surface area contributed by atoms with Crippen molar-refractivity contribution in [2.45, 2.75) is 32.7 Å². The monoisotopic (exact) mass is 188 g/mol. The molecule has 5 heteroatoms. The Morgan fingerprint density at radius 3 is 2.38 bits per heavy atom. The lowest BCUT2D eigenvalue weighted by Gasteiger charge is -2.12. The van der Waals surface area contributed by atoms with Gasteiger partial charge in [-0.25, -0.2) is 9.59 Å². The van der Waals surface area contributed by atoms with Crippen LogP contribution in [0.25, 0.3) is 0 Å². The number of carboxylic acid groups (broad SMARTS) is 1. The number of carboxylic acids is 1. The number of urea groups is 1. The average molecular weight is 188 g/mol. The summed E-state index contributed by atoms with van der Waals surface area (Å²) in [6.07, 6.45) is 1.21. The quantitative estimate of drug-likeness (QED) is 0.589. The maximum Gasteiger partial charge on any atom is 0.326 e. The topological polar surface area (TPSA) is 78.4 Å². The fourth-order valence-corrected chi connectivity index (χ4v) is 0.786. The van der Waals surface area contributed by atoms with Crippen molar-refractivity contribution < 1.29 is 14.7 Å². The van der Waals surface area contributed by atoms with Gasteiger partial charge >= 0.3 is 12.0 Å². The summed E-state index contributed by atoms with van der Waals surface area (Å²) in [5, 5.41) is 13.5. The SMILES string of the molecule is CCCNC(=O)NC(CC)C(=O)O. The van der Waals surface area contributed by atoms with E-state index in [1.807, 2.05) is 6.92 Å². The molecule has 1 unspecified atom stereocenters. The van der Waals surface area contributed by atoms with Crippen molar-refractivity contribution in [2.24, 2.45) is 0 Å². The van der Waals surface area contributed by atoms with Gasteiger partial charge in [0, 0.05) is 6.54 Å². The Kier molecular flexibility index (Phi) is 5.67. The smallest absolute Gasteiger partial charge is 0.326 e. The van der Waals surface area contributed by atoms with Gasteiger partial charge in [-0.1, -0.05) is 13.8 Å². The minimum absolute atomic E-state index is 0.384. The fourth-order valence-electron chi connectivity index (χ4n) is 0.786. The van der Waals surface area contributed by atoms with Crippen LogP contribution >= 0.6 is 0 Å². The summed E-state index contributed by atoms with van der Waals surface area (Å²) in [5.41, 5.74) is 0. The molecule has 5 nitrogen and oxygen atoms in total. The zero-order valence-corrected chi connectivity index (χ0v) is 7.96. The van der Waals surface area contributed by atoms with Gasteiger partial charge in [0.25, 0.3) is 0 Å². The van der Waals surface area contributed by atoms with Crippen LogP contribution in [-0.4, -0.2) is 29.7 Å². The maximum atomic E-state index is 11.0. The molecule has 0 heterocycles. The van der Waals surface area contributed by atoms with Crippen molar-refractivity contribution in [2.75, 3.05) is 6.54 Å². The molecule has 0 saturated carbocycles. The molecule has 0 fully saturated rings. The highest BCUT2D eigenvalue weighted by molar-refractivity contribution is 5.82. The highest BCUT2D eigenvalue weighted by atomic mass is 16.4. The Morgan fingerprint density at radius 2 is 2.00 bits per heavy atom. The second-order valence-electron chi connectivity index (χ2n) is 2.70. The van der Waals surface area contributed by atoms with E-state index in [0.717, 1.165) is 6.42 Å². The number of amides is 2. The van der Waals surface area contributed by atoms with Crippen molar-refractivity contribution in [1.82, 2.24) is 10.6 Å². The van der Waals surface area contributed by atoms with Crippen molar-refractivity contribution in [1.29, 1.82) is 0 Å². The second kappa shape index (κ2) is 6.28. The highest BCUT2D eigenvalue weighted by Gasteiger charge is 2.16. The van der Waals surface area contributed by atoms with Crippen molar-refractivity contribution in [3.63, 3.8) is 0 Å². The summed E-state index contributed by atoms with van der Waals surface area (Å²) in [7, 11) is 0. The summed E-state index contributed by atoms with van der Waals surface area (Å²) in [5.74, 6) is -1.01. The molecule has 0 aliphatic heterocycles. The first-order chi connectivity index (χ1) is 6.11. The van der Waals surface area contributed by atoms with Crippen LogP contribution < -0.4 is 10.6 Å². The van der Waals surface area contributed by atoms with Crippen LogP contribution in [0.15, 0.2) is 0 Å². The predicted molar refractivity (Wildman–Crippen MR) is 48.5 cm³/mol. The van der Waals surface area contributed by atoms with E-state index in [4.69, 9.17) is 5.11 Å². The zero-order valence-electron chi connectivity index (χ0n) is 7.96. The summed E-state index contributed by atoms with van der Waals surface area (Å²) in [4.78, 5) is 21.5. The van der Waals surface area contributed by atoms with E-state index in [9.17, 15) is 9.59 Å². The predicted octanol–water partition coefficient (Wildman–Crippen LogP) is 0.559. The molecule has 0 aromatic carbocycles. The molecule has 0 aliphatic carbocycles. The Bertz CT molecular complexity index is 182. The number of hydrogen-bond acceptors (Lipinski definition) is 2. The number of aliphatic carboxylic acids is 1. The summed E-state index contributed by atoms with van der Waals surface area (Å²) in [6, 6.07) is -1.21.